The Hall–Kier alpha value is -4.02. The quantitative estimate of drug-likeness (QED) is 0.266. The van der Waals surface area contributed by atoms with Crippen molar-refractivity contribution < 1.29 is 5.11 Å². The van der Waals surface area contributed by atoms with Gasteiger partial charge in [-0.05, 0) is 30.7 Å². The number of aromatic amines is 1. The van der Waals surface area contributed by atoms with Gasteiger partial charge in [0.15, 0.2) is 5.84 Å². The van der Waals surface area contributed by atoms with Crippen molar-refractivity contribution in [3.8, 4) is 11.1 Å². The zero-order valence-corrected chi connectivity index (χ0v) is 21.4. The standard InChI is InChI=1S/C26H28ClN9O/c1-26(37,20-3-5-22(27)6-4-20)21-14-30-25(31-15-21)36-9-7-35(8-10-36)24(32-17-28)23-11-18(12-29-23)19-13-33-34(2)16-19/h3-6,11-17,28-29,37H,7-10H2,1-2H3/t26-/m0/s1. The molecule has 0 bridgehead atoms. The Morgan fingerprint density at radius 2 is 1.78 bits per heavy atom. The maximum atomic E-state index is 11.1. The molecule has 1 saturated heterocycles. The number of aliphatic hydroxyl groups is 1. The molecule has 0 spiro atoms. The molecule has 0 amide bonds. The van der Waals surface area contributed by atoms with Gasteiger partial charge in [0, 0.05) is 79.7 Å². The Morgan fingerprint density at radius 1 is 1.08 bits per heavy atom. The van der Waals surface area contributed by atoms with Crippen LogP contribution in [0.4, 0.5) is 5.95 Å². The van der Waals surface area contributed by atoms with E-state index in [-0.39, 0.29) is 0 Å². The van der Waals surface area contributed by atoms with Gasteiger partial charge in [-0.15, -0.1) is 0 Å². The predicted molar refractivity (Wildman–Crippen MR) is 144 cm³/mol. The van der Waals surface area contributed by atoms with Crippen LogP contribution in [0.1, 0.15) is 23.7 Å². The molecule has 1 aliphatic rings. The summed E-state index contributed by atoms with van der Waals surface area (Å²) in [4.78, 5) is 21.0. The summed E-state index contributed by atoms with van der Waals surface area (Å²) in [7, 11) is 1.89. The van der Waals surface area contributed by atoms with Crippen molar-refractivity contribution in [1.29, 1.82) is 5.41 Å². The summed E-state index contributed by atoms with van der Waals surface area (Å²) >= 11 is 5.99. The van der Waals surface area contributed by atoms with Crippen LogP contribution in [0.2, 0.25) is 5.02 Å². The molecule has 0 aliphatic carbocycles. The zero-order valence-electron chi connectivity index (χ0n) is 20.6. The predicted octanol–water partition coefficient (Wildman–Crippen LogP) is 3.29. The van der Waals surface area contributed by atoms with Crippen molar-refractivity contribution in [2.24, 2.45) is 12.0 Å². The van der Waals surface area contributed by atoms with E-state index >= 15 is 0 Å². The Bertz CT molecular complexity index is 1400. The molecule has 0 unspecified atom stereocenters. The normalized spacial score (nSPS) is 16.1. The number of aromatic nitrogens is 5. The number of H-pyrrole nitrogens is 1. The number of piperazine rings is 1. The number of hydrogen-bond acceptors (Lipinski definition) is 6. The van der Waals surface area contributed by atoms with Crippen LogP contribution in [0, 0.1) is 5.41 Å². The summed E-state index contributed by atoms with van der Waals surface area (Å²) in [6.45, 7) is 4.50. The molecule has 0 radical (unpaired) electrons. The molecular weight excluding hydrogens is 490 g/mol. The van der Waals surface area contributed by atoms with E-state index in [2.05, 4.69) is 34.8 Å². The second kappa shape index (κ2) is 10.2. The van der Waals surface area contributed by atoms with Gasteiger partial charge < -0.3 is 19.9 Å². The van der Waals surface area contributed by atoms with Crippen LogP contribution in [0.5, 0.6) is 0 Å². The van der Waals surface area contributed by atoms with E-state index in [1.165, 1.54) is 0 Å². The molecule has 10 nitrogen and oxygen atoms in total. The fourth-order valence-electron chi connectivity index (χ4n) is 4.44. The van der Waals surface area contributed by atoms with E-state index in [0.717, 1.165) is 34.6 Å². The molecule has 37 heavy (non-hydrogen) atoms. The summed E-state index contributed by atoms with van der Waals surface area (Å²) in [5.41, 5.74) is 2.97. The van der Waals surface area contributed by atoms with E-state index in [1.807, 2.05) is 31.7 Å². The number of anilines is 1. The molecule has 5 rings (SSSR count). The Labute approximate surface area is 219 Å². The third-order valence-electron chi connectivity index (χ3n) is 6.62. The van der Waals surface area contributed by atoms with Crippen molar-refractivity contribution in [3.05, 3.63) is 83.2 Å². The summed E-state index contributed by atoms with van der Waals surface area (Å²) < 4.78 is 1.77. The smallest absolute Gasteiger partial charge is 0.225 e. The molecule has 3 N–H and O–H groups in total. The number of halogens is 1. The number of hydrogen-bond donors (Lipinski definition) is 3. The number of aliphatic imine (C=N–C) groups is 1. The Balaban J connectivity index is 1.26. The van der Waals surface area contributed by atoms with Crippen LogP contribution in [0.25, 0.3) is 11.1 Å². The van der Waals surface area contributed by atoms with Gasteiger partial charge in [0.1, 0.15) is 11.9 Å². The first-order valence-electron chi connectivity index (χ1n) is 11.9. The number of amidine groups is 1. The Morgan fingerprint density at radius 3 is 2.41 bits per heavy atom. The first-order chi connectivity index (χ1) is 17.8. The third kappa shape index (κ3) is 5.11. The summed E-state index contributed by atoms with van der Waals surface area (Å²) in [5, 5.41) is 23.5. The van der Waals surface area contributed by atoms with E-state index < -0.39 is 5.60 Å². The van der Waals surface area contributed by atoms with Crippen LogP contribution in [0.3, 0.4) is 0 Å². The van der Waals surface area contributed by atoms with E-state index in [9.17, 15) is 5.11 Å². The second-order valence-electron chi connectivity index (χ2n) is 9.11. The summed E-state index contributed by atoms with van der Waals surface area (Å²) in [5.74, 6) is 1.33. The lowest BCUT2D eigenvalue weighted by molar-refractivity contribution is 0.101. The number of aryl methyl sites for hydroxylation is 1. The average molecular weight is 518 g/mol. The van der Waals surface area contributed by atoms with Gasteiger partial charge in [-0.1, -0.05) is 23.7 Å². The summed E-state index contributed by atoms with van der Waals surface area (Å²) in [6, 6.07) is 9.13. The van der Waals surface area contributed by atoms with E-state index in [1.54, 1.807) is 48.3 Å². The van der Waals surface area contributed by atoms with Crippen LogP contribution >= 0.6 is 11.6 Å². The molecule has 3 aromatic heterocycles. The lowest BCUT2D eigenvalue weighted by atomic mass is 9.90. The molecular formula is C26H28ClN9O. The van der Waals surface area contributed by atoms with Crippen LogP contribution < -0.4 is 4.90 Å². The molecule has 190 valence electrons. The van der Waals surface area contributed by atoms with Crippen LogP contribution in [-0.4, -0.2) is 73.1 Å². The van der Waals surface area contributed by atoms with Crippen molar-refractivity contribution in [3.63, 3.8) is 0 Å². The molecule has 4 aromatic rings. The molecule has 1 fully saturated rings. The highest BCUT2D eigenvalue weighted by Crippen LogP contribution is 2.29. The van der Waals surface area contributed by atoms with Gasteiger partial charge in [-0.25, -0.2) is 15.0 Å². The minimum atomic E-state index is -1.23. The topological polar surface area (TPSA) is 122 Å². The lowest BCUT2D eigenvalue weighted by Gasteiger charge is -2.36. The molecule has 11 heteroatoms. The SMILES string of the molecule is Cn1cc(-c2c[nH]c(C(=NC=N)N3CCN(c4ncc([C@@](C)(O)c5ccc(Cl)cc5)cn4)CC3)c2)cn1. The minimum absolute atomic E-state index is 0.605. The van der Waals surface area contributed by atoms with Gasteiger partial charge in [0.05, 0.1) is 11.9 Å². The number of nitrogens with zero attached hydrogens (tertiary/aromatic N) is 7. The van der Waals surface area contributed by atoms with Crippen molar-refractivity contribution >= 4 is 29.7 Å². The lowest BCUT2D eigenvalue weighted by Crippen LogP contribution is -2.49. The highest BCUT2D eigenvalue weighted by Gasteiger charge is 2.28. The first-order valence-corrected chi connectivity index (χ1v) is 12.3. The van der Waals surface area contributed by atoms with Crippen LogP contribution in [0.15, 0.2) is 66.3 Å². The van der Waals surface area contributed by atoms with Gasteiger partial charge in [0.2, 0.25) is 5.95 Å². The molecule has 1 aliphatic heterocycles. The van der Waals surface area contributed by atoms with E-state index in [0.29, 0.717) is 42.7 Å². The highest BCUT2D eigenvalue weighted by atomic mass is 35.5. The first kappa shape index (κ1) is 24.7. The molecule has 1 aromatic carbocycles. The second-order valence-corrected chi connectivity index (χ2v) is 9.55. The van der Waals surface area contributed by atoms with E-state index in [4.69, 9.17) is 17.0 Å². The largest absolute Gasteiger partial charge is 0.381 e. The Kier molecular flexibility index (Phi) is 6.77. The van der Waals surface area contributed by atoms with Crippen molar-refractivity contribution in [1.82, 2.24) is 29.6 Å². The van der Waals surface area contributed by atoms with Gasteiger partial charge in [0.25, 0.3) is 0 Å². The fourth-order valence-corrected chi connectivity index (χ4v) is 4.56. The zero-order chi connectivity index (χ0) is 26.0. The maximum Gasteiger partial charge on any atom is 0.225 e. The number of rotatable bonds is 6. The van der Waals surface area contributed by atoms with Gasteiger partial charge >= 0.3 is 0 Å². The molecule has 0 saturated carbocycles. The van der Waals surface area contributed by atoms with Gasteiger partial charge in [-0.3, -0.25) is 10.1 Å². The highest BCUT2D eigenvalue weighted by molar-refractivity contribution is 6.30. The average Bonchev–Trinajstić information content (AvgIpc) is 3.57. The fraction of sp³-hybridized carbons (Fsp3) is 0.269. The number of benzene rings is 1. The van der Waals surface area contributed by atoms with Gasteiger partial charge in [-0.2, -0.15) is 5.10 Å². The minimum Gasteiger partial charge on any atom is -0.381 e. The third-order valence-corrected chi connectivity index (χ3v) is 6.87. The van der Waals surface area contributed by atoms with Crippen molar-refractivity contribution in [2.45, 2.75) is 12.5 Å². The van der Waals surface area contributed by atoms with Crippen molar-refractivity contribution in [2.75, 3.05) is 31.1 Å². The maximum absolute atomic E-state index is 11.1. The monoisotopic (exact) mass is 517 g/mol. The molecule has 1 atom stereocenters. The summed E-state index contributed by atoms with van der Waals surface area (Å²) in [6.07, 6.45) is 10.1. The molecule has 4 heterocycles. The van der Waals surface area contributed by atoms with Crippen LogP contribution in [-0.2, 0) is 12.6 Å². The number of nitrogens with one attached hydrogen (secondary N) is 2.